The molecule has 0 aromatic carbocycles. The molecular weight excluding hydrogens is 219 g/mol. The molecule has 2 heteroatoms. The predicted octanol–water partition coefficient (Wildman–Crippen LogP) is 2.73. The van der Waals surface area contributed by atoms with Crippen LogP contribution in [0.25, 0.3) is 0 Å². The van der Waals surface area contributed by atoms with E-state index in [1.54, 1.807) is 31.0 Å². The molecule has 1 aliphatic heterocycles. The van der Waals surface area contributed by atoms with E-state index in [9.17, 15) is 0 Å². The average Bonchev–Trinajstić information content (AvgIpc) is 2.38. The van der Waals surface area contributed by atoms with Gasteiger partial charge in [0.25, 0.3) is 0 Å². The standard InChI is InChI=1S/C14H30Si.Na.H/c1-4-14-12-10-8-7-9-11-13-15(14,5-2)6-3;;/h14H,4-13H2,1-3H3;;/q;+1;-1. The molecule has 1 unspecified atom stereocenters. The van der Waals surface area contributed by atoms with Crippen LogP contribution in [0.3, 0.4) is 0 Å². The van der Waals surface area contributed by atoms with E-state index in [4.69, 9.17) is 0 Å². The molecule has 0 amide bonds. The molecule has 0 spiro atoms. The van der Waals surface area contributed by atoms with Gasteiger partial charge in [-0.1, -0.05) is 83.8 Å². The van der Waals surface area contributed by atoms with Crippen molar-refractivity contribution in [2.45, 2.75) is 89.4 Å². The Labute approximate surface area is 128 Å². The number of hydrogen-bond acceptors (Lipinski definition) is 0. The summed E-state index contributed by atoms with van der Waals surface area (Å²) in [6.07, 6.45) is 10.6. The summed E-state index contributed by atoms with van der Waals surface area (Å²) in [5.41, 5.74) is 1.14. The van der Waals surface area contributed by atoms with Gasteiger partial charge in [-0.25, -0.2) is 0 Å². The molecule has 0 aromatic rings. The topological polar surface area (TPSA) is 0 Å². The zero-order valence-corrected chi connectivity index (χ0v) is 15.1. The summed E-state index contributed by atoms with van der Waals surface area (Å²) in [5.74, 6) is 0. The van der Waals surface area contributed by atoms with Crippen LogP contribution in [0.2, 0.25) is 23.7 Å². The van der Waals surface area contributed by atoms with Crippen LogP contribution in [0.4, 0.5) is 0 Å². The van der Waals surface area contributed by atoms with Crippen molar-refractivity contribution in [2.75, 3.05) is 0 Å². The third-order valence-corrected chi connectivity index (χ3v) is 11.6. The number of hydrogen-bond donors (Lipinski definition) is 0. The van der Waals surface area contributed by atoms with E-state index in [-0.39, 0.29) is 31.0 Å². The Morgan fingerprint density at radius 3 is 2.06 bits per heavy atom. The SMILES string of the molecule is CCC1CCCCCCC[Si]1(CC)CC.[H-].[Na+]. The summed E-state index contributed by atoms with van der Waals surface area (Å²) in [4.78, 5) is 0. The fraction of sp³-hybridized carbons (Fsp3) is 1.00. The van der Waals surface area contributed by atoms with Crippen LogP contribution in [0.1, 0.15) is 67.1 Å². The summed E-state index contributed by atoms with van der Waals surface area (Å²) in [6, 6.07) is 4.72. The molecule has 0 aliphatic carbocycles. The van der Waals surface area contributed by atoms with Gasteiger partial charge in [0.1, 0.15) is 0 Å². The number of rotatable bonds is 3. The monoisotopic (exact) mass is 250 g/mol. The van der Waals surface area contributed by atoms with Crippen LogP contribution in [0.5, 0.6) is 0 Å². The molecule has 0 saturated carbocycles. The smallest absolute Gasteiger partial charge is 1.00 e. The summed E-state index contributed by atoms with van der Waals surface area (Å²) in [7, 11) is -0.875. The molecule has 0 nitrogen and oxygen atoms in total. The summed E-state index contributed by atoms with van der Waals surface area (Å²) >= 11 is 0. The summed E-state index contributed by atoms with van der Waals surface area (Å²) in [5, 5.41) is 0. The molecule has 0 aromatic heterocycles. The van der Waals surface area contributed by atoms with Crippen molar-refractivity contribution in [2.24, 2.45) is 0 Å². The molecule has 1 atom stereocenters. The van der Waals surface area contributed by atoms with E-state index < -0.39 is 8.07 Å². The summed E-state index contributed by atoms with van der Waals surface area (Å²) in [6.45, 7) is 7.40. The van der Waals surface area contributed by atoms with Crippen molar-refractivity contribution < 1.29 is 31.0 Å². The predicted molar refractivity (Wildman–Crippen MR) is 74.4 cm³/mol. The van der Waals surface area contributed by atoms with E-state index in [0.29, 0.717) is 0 Å². The largest absolute Gasteiger partial charge is 1.00 e. The van der Waals surface area contributed by atoms with Gasteiger partial charge in [0.05, 0.1) is 8.07 Å². The van der Waals surface area contributed by atoms with Crippen molar-refractivity contribution >= 4 is 8.07 Å². The Kier molecular flexibility index (Phi) is 9.89. The molecule has 0 radical (unpaired) electrons. The first kappa shape index (κ1) is 17.2. The molecule has 1 aliphatic rings. The van der Waals surface area contributed by atoms with E-state index in [1.807, 2.05) is 0 Å². The van der Waals surface area contributed by atoms with E-state index in [2.05, 4.69) is 20.8 Å². The van der Waals surface area contributed by atoms with Crippen molar-refractivity contribution in [3.05, 3.63) is 0 Å². The maximum Gasteiger partial charge on any atom is 1.00 e. The van der Waals surface area contributed by atoms with Gasteiger partial charge in [0, 0.05) is 0 Å². The Morgan fingerprint density at radius 1 is 0.938 bits per heavy atom. The van der Waals surface area contributed by atoms with E-state index in [0.717, 1.165) is 5.54 Å². The Hall–Kier alpha value is 1.22. The molecule has 1 heterocycles. The van der Waals surface area contributed by atoms with Gasteiger partial charge in [-0.3, -0.25) is 0 Å². The Morgan fingerprint density at radius 2 is 1.50 bits per heavy atom. The third kappa shape index (κ3) is 4.47. The second-order valence-corrected chi connectivity index (χ2v) is 10.9. The van der Waals surface area contributed by atoms with Gasteiger partial charge in [0.15, 0.2) is 0 Å². The Bertz CT molecular complexity index is 172. The van der Waals surface area contributed by atoms with Gasteiger partial charge < -0.3 is 1.43 Å². The minimum Gasteiger partial charge on any atom is -1.00 e. The average molecular weight is 250 g/mol. The van der Waals surface area contributed by atoms with E-state index in [1.165, 1.54) is 32.1 Å². The molecule has 0 bridgehead atoms. The van der Waals surface area contributed by atoms with Crippen LogP contribution in [0.15, 0.2) is 0 Å². The second kappa shape index (κ2) is 9.19. The van der Waals surface area contributed by atoms with Crippen LogP contribution in [-0.4, -0.2) is 8.07 Å². The Balaban J connectivity index is 0. The van der Waals surface area contributed by atoms with Crippen molar-refractivity contribution in [3.63, 3.8) is 0 Å². The van der Waals surface area contributed by atoms with Crippen molar-refractivity contribution in [3.8, 4) is 0 Å². The van der Waals surface area contributed by atoms with Gasteiger partial charge in [-0.15, -0.1) is 0 Å². The first-order chi connectivity index (χ1) is 7.29. The van der Waals surface area contributed by atoms with Crippen LogP contribution >= 0.6 is 0 Å². The second-order valence-electron chi connectivity index (χ2n) is 5.48. The molecule has 1 rings (SSSR count). The molecular formula is C14H31NaSi. The zero-order chi connectivity index (χ0) is 11.1. The first-order valence-electron chi connectivity index (χ1n) is 7.29. The molecule has 92 valence electrons. The van der Waals surface area contributed by atoms with Crippen LogP contribution < -0.4 is 29.6 Å². The van der Waals surface area contributed by atoms with Crippen LogP contribution in [0, 0.1) is 0 Å². The molecule has 16 heavy (non-hydrogen) atoms. The fourth-order valence-electron chi connectivity index (χ4n) is 3.73. The van der Waals surface area contributed by atoms with Gasteiger partial charge in [-0.05, 0) is 5.54 Å². The van der Waals surface area contributed by atoms with Crippen LogP contribution in [-0.2, 0) is 0 Å². The van der Waals surface area contributed by atoms with Gasteiger partial charge in [-0.2, -0.15) is 0 Å². The molecule has 1 fully saturated rings. The third-order valence-electron chi connectivity index (χ3n) is 4.99. The minimum absolute atomic E-state index is 0. The molecule has 1 saturated heterocycles. The summed E-state index contributed by atoms with van der Waals surface area (Å²) < 4.78 is 0. The maximum absolute atomic E-state index is 2.48. The van der Waals surface area contributed by atoms with E-state index >= 15 is 0 Å². The zero-order valence-electron chi connectivity index (χ0n) is 13.1. The minimum atomic E-state index is -0.875. The van der Waals surface area contributed by atoms with Crippen molar-refractivity contribution in [1.82, 2.24) is 0 Å². The normalized spacial score (nSPS) is 26.1. The molecule has 0 N–H and O–H groups in total. The van der Waals surface area contributed by atoms with Gasteiger partial charge >= 0.3 is 29.6 Å². The van der Waals surface area contributed by atoms with Crippen molar-refractivity contribution in [1.29, 1.82) is 0 Å². The quantitative estimate of drug-likeness (QED) is 0.676. The maximum atomic E-state index is 2.48. The van der Waals surface area contributed by atoms with Gasteiger partial charge in [0.2, 0.25) is 0 Å². The fourth-order valence-corrected chi connectivity index (χ4v) is 9.13. The first-order valence-corrected chi connectivity index (χ1v) is 9.99.